The molecular weight excluding hydrogens is 214 g/mol. The maximum atomic E-state index is 11.6. The molecule has 0 spiro atoms. The molecule has 0 aromatic heterocycles. The van der Waals surface area contributed by atoms with E-state index in [2.05, 4.69) is 9.89 Å². The Morgan fingerprint density at radius 3 is 2.50 bits per heavy atom. The molecule has 86 valence electrons. The van der Waals surface area contributed by atoms with Crippen LogP contribution in [0.15, 0.2) is 23.4 Å². The lowest BCUT2D eigenvalue weighted by Crippen LogP contribution is -2.16. The highest BCUT2D eigenvalue weighted by atomic mass is 16.5. The standard InChI is InChI=1S/C10H11NO5/c1-15-6-3-4-7(8(12)5-6)9(13)10(11-14)16-2/h3-5,12,14H,1-2H3. The molecule has 0 radical (unpaired) electrons. The first-order chi connectivity index (χ1) is 7.63. The number of ether oxygens (including phenoxy) is 2. The molecule has 1 aromatic carbocycles. The highest BCUT2D eigenvalue weighted by Gasteiger charge is 2.19. The average molecular weight is 225 g/mol. The molecule has 6 heteroatoms. The minimum atomic E-state index is -0.717. The molecule has 1 aromatic rings. The Kier molecular flexibility index (Phi) is 3.71. The molecule has 2 N–H and O–H groups in total. The zero-order valence-electron chi connectivity index (χ0n) is 8.80. The van der Waals surface area contributed by atoms with Gasteiger partial charge < -0.3 is 19.8 Å². The third-order valence-electron chi connectivity index (χ3n) is 1.93. The summed E-state index contributed by atoms with van der Waals surface area (Å²) in [7, 11) is 2.62. The van der Waals surface area contributed by atoms with Gasteiger partial charge in [-0.2, -0.15) is 0 Å². The molecule has 0 saturated carbocycles. The largest absolute Gasteiger partial charge is 0.507 e. The summed E-state index contributed by atoms with van der Waals surface area (Å²) < 4.78 is 9.40. The van der Waals surface area contributed by atoms with Crippen LogP contribution < -0.4 is 4.74 Å². The molecule has 0 heterocycles. The van der Waals surface area contributed by atoms with E-state index in [-0.39, 0.29) is 11.3 Å². The van der Waals surface area contributed by atoms with Crippen molar-refractivity contribution in [2.75, 3.05) is 14.2 Å². The van der Waals surface area contributed by atoms with Crippen molar-refractivity contribution in [3.8, 4) is 11.5 Å². The van der Waals surface area contributed by atoms with Crippen LogP contribution in [-0.4, -0.2) is 36.2 Å². The average Bonchev–Trinajstić information content (AvgIpc) is 2.30. The highest BCUT2D eigenvalue weighted by molar-refractivity contribution is 6.43. The number of Topliss-reactive ketones (excluding diaryl/α,β-unsaturated/α-hetero) is 1. The fourth-order valence-electron chi connectivity index (χ4n) is 1.12. The Bertz CT molecular complexity index is 427. The molecule has 0 atom stereocenters. The second-order valence-corrected chi connectivity index (χ2v) is 2.82. The van der Waals surface area contributed by atoms with E-state index < -0.39 is 11.7 Å². The number of oxime groups is 1. The molecule has 0 aliphatic heterocycles. The van der Waals surface area contributed by atoms with Crippen molar-refractivity contribution >= 4 is 11.7 Å². The topological polar surface area (TPSA) is 88.4 Å². The predicted octanol–water partition coefficient (Wildman–Crippen LogP) is 1.02. The van der Waals surface area contributed by atoms with Gasteiger partial charge >= 0.3 is 0 Å². The summed E-state index contributed by atoms with van der Waals surface area (Å²) in [6.07, 6.45) is 0. The second kappa shape index (κ2) is 5.01. The number of nitrogens with zero attached hydrogens (tertiary/aromatic N) is 1. The summed E-state index contributed by atoms with van der Waals surface area (Å²) in [5.74, 6) is -1.08. The molecule has 0 saturated heterocycles. The Labute approximate surface area is 91.7 Å². The van der Waals surface area contributed by atoms with E-state index in [0.29, 0.717) is 5.75 Å². The first-order valence-corrected chi connectivity index (χ1v) is 4.31. The third kappa shape index (κ3) is 2.22. The molecule has 6 nitrogen and oxygen atoms in total. The number of methoxy groups -OCH3 is 2. The third-order valence-corrected chi connectivity index (χ3v) is 1.93. The van der Waals surface area contributed by atoms with Gasteiger partial charge in [-0.05, 0) is 17.3 Å². The van der Waals surface area contributed by atoms with Crippen molar-refractivity contribution in [3.05, 3.63) is 23.8 Å². The molecular formula is C10H11NO5. The zero-order valence-corrected chi connectivity index (χ0v) is 8.80. The summed E-state index contributed by atoms with van der Waals surface area (Å²) in [5.41, 5.74) is -0.0320. The summed E-state index contributed by atoms with van der Waals surface area (Å²) >= 11 is 0. The summed E-state index contributed by atoms with van der Waals surface area (Å²) in [5, 5.41) is 20.7. The van der Waals surface area contributed by atoms with Gasteiger partial charge in [0.15, 0.2) is 0 Å². The fraction of sp³-hybridized carbons (Fsp3) is 0.200. The molecule has 0 aliphatic carbocycles. The summed E-state index contributed by atoms with van der Waals surface area (Å²) in [6, 6.07) is 4.12. The number of phenolic OH excluding ortho intramolecular Hbond substituents is 1. The van der Waals surface area contributed by atoms with Crippen LogP contribution >= 0.6 is 0 Å². The molecule has 0 fully saturated rings. The molecule has 1 rings (SSSR count). The van der Waals surface area contributed by atoms with Crippen LogP contribution in [0.1, 0.15) is 10.4 Å². The minimum Gasteiger partial charge on any atom is -0.507 e. The Morgan fingerprint density at radius 2 is 2.06 bits per heavy atom. The zero-order chi connectivity index (χ0) is 12.1. The number of carbonyl (C=O) groups is 1. The molecule has 0 amide bonds. The molecule has 0 aliphatic rings. The van der Waals surface area contributed by atoms with Gasteiger partial charge in [0.1, 0.15) is 11.5 Å². The van der Waals surface area contributed by atoms with E-state index in [4.69, 9.17) is 9.94 Å². The Hall–Kier alpha value is -2.24. The number of hydrogen-bond donors (Lipinski definition) is 2. The molecule has 0 unspecified atom stereocenters. The van der Waals surface area contributed by atoms with Crippen LogP contribution in [0.25, 0.3) is 0 Å². The van der Waals surface area contributed by atoms with E-state index in [1.165, 1.54) is 32.4 Å². The lowest BCUT2D eigenvalue weighted by atomic mass is 10.1. The second-order valence-electron chi connectivity index (χ2n) is 2.82. The van der Waals surface area contributed by atoms with E-state index in [1.807, 2.05) is 0 Å². The van der Waals surface area contributed by atoms with Crippen LogP contribution in [0.4, 0.5) is 0 Å². The SMILES string of the molecule is COC(=NO)C(=O)c1ccc(OC)cc1O. The summed E-state index contributed by atoms with van der Waals surface area (Å²) in [4.78, 5) is 11.6. The van der Waals surface area contributed by atoms with Gasteiger partial charge in [0, 0.05) is 6.07 Å². The van der Waals surface area contributed by atoms with Crippen molar-refractivity contribution in [3.63, 3.8) is 0 Å². The Balaban J connectivity index is 3.10. The number of benzene rings is 1. The van der Waals surface area contributed by atoms with E-state index in [0.717, 1.165) is 0 Å². The van der Waals surface area contributed by atoms with Gasteiger partial charge in [0.2, 0.25) is 0 Å². The van der Waals surface area contributed by atoms with Crippen LogP contribution in [-0.2, 0) is 4.74 Å². The van der Waals surface area contributed by atoms with Crippen molar-refractivity contribution in [1.82, 2.24) is 0 Å². The molecule has 0 bridgehead atoms. The van der Waals surface area contributed by atoms with Gasteiger partial charge in [0.25, 0.3) is 11.7 Å². The van der Waals surface area contributed by atoms with Gasteiger partial charge in [0.05, 0.1) is 19.8 Å². The number of ketones is 1. The Morgan fingerprint density at radius 1 is 1.38 bits per heavy atom. The van der Waals surface area contributed by atoms with Gasteiger partial charge in [-0.25, -0.2) is 0 Å². The first-order valence-electron chi connectivity index (χ1n) is 4.31. The van der Waals surface area contributed by atoms with Crippen LogP contribution in [0.5, 0.6) is 11.5 Å². The van der Waals surface area contributed by atoms with Crippen LogP contribution in [0.3, 0.4) is 0 Å². The number of carbonyl (C=O) groups excluding carboxylic acids is 1. The lowest BCUT2D eigenvalue weighted by molar-refractivity contribution is 0.102. The van der Waals surface area contributed by atoms with Crippen molar-refractivity contribution in [1.29, 1.82) is 0 Å². The van der Waals surface area contributed by atoms with Gasteiger partial charge in [-0.1, -0.05) is 0 Å². The minimum absolute atomic E-state index is 0.0320. The quantitative estimate of drug-likeness (QED) is 0.263. The van der Waals surface area contributed by atoms with Gasteiger partial charge in [-0.3, -0.25) is 4.79 Å². The number of phenols is 1. The number of hydrogen-bond acceptors (Lipinski definition) is 6. The highest BCUT2D eigenvalue weighted by Crippen LogP contribution is 2.24. The van der Waals surface area contributed by atoms with Crippen molar-refractivity contribution in [2.24, 2.45) is 5.16 Å². The maximum Gasteiger partial charge on any atom is 0.298 e. The normalized spacial score (nSPS) is 11.0. The summed E-state index contributed by atoms with van der Waals surface area (Å²) in [6.45, 7) is 0. The van der Waals surface area contributed by atoms with Crippen molar-refractivity contribution < 1.29 is 24.6 Å². The van der Waals surface area contributed by atoms with E-state index >= 15 is 0 Å². The van der Waals surface area contributed by atoms with Crippen molar-refractivity contribution in [2.45, 2.75) is 0 Å². The number of aromatic hydroxyl groups is 1. The number of rotatable bonds is 3. The van der Waals surface area contributed by atoms with E-state index in [1.54, 1.807) is 0 Å². The van der Waals surface area contributed by atoms with Crippen LogP contribution in [0.2, 0.25) is 0 Å². The fourth-order valence-corrected chi connectivity index (χ4v) is 1.12. The maximum absolute atomic E-state index is 11.6. The van der Waals surface area contributed by atoms with E-state index in [9.17, 15) is 9.90 Å². The monoisotopic (exact) mass is 225 g/mol. The smallest absolute Gasteiger partial charge is 0.298 e. The first kappa shape index (κ1) is 11.8. The van der Waals surface area contributed by atoms with Gasteiger partial charge in [-0.15, -0.1) is 0 Å². The molecule has 16 heavy (non-hydrogen) atoms. The van der Waals surface area contributed by atoms with Crippen LogP contribution in [0, 0.1) is 0 Å². The lowest BCUT2D eigenvalue weighted by Gasteiger charge is -2.06. The predicted molar refractivity (Wildman–Crippen MR) is 55.2 cm³/mol.